The number of para-hydroxylation sites is 6. The van der Waals surface area contributed by atoms with Crippen LogP contribution in [0.1, 0.15) is 11.4 Å². The topological polar surface area (TPSA) is 424 Å². The summed E-state index contributed by atoms with van der Waals surface area (Å²) in [5.41, 5.74) is 14.5. The number of hydrogen-bond donors (Lipinski definition) is 0. The van der Waals surface area contributed by atoms with Gasteiger partial charge in [-0.1, -0.05) is 267 Å². The Morgan fingerprint density at radius 1 is 0.184 bits per heavy atom. The molecule has 39 heteroatoms. The molecule has 0 N–H and O–H groups in total. The van der Waals surface area contributed by atoms with E-state index in [4.69, 9.17) is 110 Å². The summed E-state index contributed by atoms with van der Waals surface area (Å²) in [5.74, 6) is 2.82. The molecule has 0 unspecified atom stereocenters. The van der Waals surface area contributed by atoms with Gasteiger partial charge in [0.15, 0.2) is 46.2 Å². The molecule has 0 fully saturated rings. The van der Waals surface area contributed by atoms with Gasteiger partial charge < -0.3 is 79.7 Å². The fourth-order valence-corrected chi connectivity index (χ4v) is 16.4. The molecule has 0 spiro atoms. The van der Waals surface area contributed by atoms with Crippen LogP contribution in [0.25, 0.3) is 237 Å². The number of hydrogen-bond acceptors (Lipinski definition) is 24. The summed E-state index contributed by atoms with van der Waals surface area (Å²) in [4.78, 5) is 125. The Morgan fingerprint density at radius 2 is 0.397 bits per heavy atom. The SMILES string of the molecule is Cc1c2nc3[n-]c(nc4nc(nc5[n-]c(nc(n2)n1-c1ccccc1)c1ccccc51)c(C)n4-c1ccccc1)c1ccccc31.[Cu+2].[Pt+2].[Pt+2].c1ccc(-c2nc3nc4nc(nc5[n-]c(nc5-c5ccccc5)nc5nc(nc2[n-]3)n(-c2ccccc2)n5)n(-c2ccccc2)n4)cc1.c1ccc(-n2nc3nc4[n-]c(nc5nc(nc6[n-]c(nc2n3)c2ccccc62)nn5-c2ccccc2)c2ccccc42)cc1. The van der Waals surface area contributed by atoms with Gasteiger partial charge in [0.25, 0.3) is 0 Å². The van der Waals surface area contributed by atoms with Gasteiger partial charge in [-0.3, -0.25) is 29.1 Å². The van der Waals surface area contributed by atoms with Gasteiger partial charge in [0.05, 0.1) is 57.0 Å². The van der Waals surface area contributed by atoms with Crippen LogP contribution in [0.3, 0.4) is 0 Å². The Bertz CT molecular complexity index is 9050. The zero-order valence-corrected chi connectivity index (χ0v) is 78.9. The molecule has 27 aromatic rings. The van der Waals surface area contributed by atoms with E-state index in [0.717, 1.165) is 99.7 Å². The number of rotatable bonds is 8. The fourth-order valence-electron chi connectivity index (χ4n) is 16.4. The second-order valence-corrected chi connectivity index (χ2v) is 31.5. The Kier molecular flexibility index (Phi) is 23.3. The van der Waals surface area contributed by atoms with Crippen LogP contribution in [-0.2, 0) is 59.2 Å². The van der Waals surface area contributed by atoms with E-state index in [1.807, 2.05) is 363 Å². The van der Waals surface area contributed by atoms with Crippen molar-refractivity contribution >= 4 is 180 Å². The zero-order chi connectivity index (χ0) is 91.7. The van der Waals surface area contributed by atoms with Crippen molar-refractivity contribution in [1.29, 1.82) is 0 Å². The van der Waals surface area contributed by atoms with E-state index < -0.39 is 0 Å². The minimum atomic E-state index is 0. The predicted octanol–water partition coefficient (Wildman–Crippen LogP) is 16.5. The van der Waals surface area contributed by atoms with Crippen LogP contribution in [0, 0.1) is 13.8 Å². The van der Waals surface area contributed by atoms with E-state index in [-0.39, 0.29) is 117 Å². The van der Waals surface area contributed by atoms with Crippen LogP contribution < -0.4 is 29.9 Å². The maximum atomic E-state index is 5.04. The molecule has 141 heavy (non-hydrogen) atoms. The van der Waals surface area contributed by atoms with E-state index in [9.17, 15) is 0 Å². The molecule has 36 nitrogen and oxygen atoms in total. The predicted molar refractivity (Wildman–Crippen MR) is 522 cm³/mol. The molecule has 681 valence electrons. The van der Waals surface area contributed by atoms with Crippen LogP contribution in [-0.4, -0.2) is 148 Å². The molecule has 15 heterocycles. The van der Waals surface area contributed by atoms with Crippen LogP contribution >= 0.6 is 0 Å². The van der Waals surface area contributed by atoms with Crippen molar-refractivity contribution in [3.63, 3.8) is 0 Å². The van der Waals surface area contributed by atoms with Gasteiger partial charge in [0.2, 0.25) is 11.6 Å². The summed E-state index contributed by atoms with van der Waals surface area (Å²) in [6.07, 6.45) is 0. The molecule has 0 atom stereocenters. The number of fused-ring (bicyclic) bond motifs is 36. The number of imidazole rings is 4. The third kappa shape index (κ3) is 16.8. The summed E-state index contributed by atoms with van der Waals surface area (Å²) in [6, 6.07) is 109. The second-order valence-electron chi connectivity index (χ2n) is 31.5. The summed E-state index contributed by atoms with van der Waals surface area (Å²) in [7, 11) is 0. The molecule has 27 rings (SSSR count). The second kappa shape index (κ2) is 37.4. The molecule has 0 aliphatic rings. The van der Waals surface area contributed by atoms with E-state index >= 15 is 0 Å². The van der Waals surface area contributed by atoms with Gasteiger partial charge in [0.1, 0.15) is 11.3 Å². The van der Waals surface area contributed by atoms with Crippen molar-refractivity contribution in [3.05, 3.63) is 351 Å². The van der Waals surface area contributed by atoms with Crippen LogP contribution in [0.2, 0.25) is 0 Å². The first kappa shape index (κ1) is 88.0. The molecule has 1 radical (unpaired) electrons. The maximum absolute atomic E-state index is 5.04. The van der Waals surface area contributed by atoms with E-state index in [1.54, 1.807) is 18.7 Å². The molecule has 15 aromatic heterocycles. The van der Waals surface area contributed by atoms with E-state index in [1.165, 1.54) is 0 Å². The quantitative estimate of drug-likeness (QED) is 0.127. The summed E-state index contributed by atoms with van der Waals surface area (Å²) >= 11 is 0. The first-order chi connectivity index (χ1) is 68.1. The zero-order valence-electron chi connectivity index (χ0n) is 73.4. The molecule has 24 bridgehead atoms. The third-order valence-corrected chi connectivity index (χ3v) is 22.8. The van der Waals surface area contributed by atoms with Crippen molar-refractivity contribution in [2.24, 2.45) is 0 Å². The van der Waals surface area contributed by atoms with Crippen molar-refractivity contribution in [1.82, 2.24) is 178 Å². The number of benzene rings is 12. The van der Waals surface area contributed by atoms with Gasteiger partial charge in [-0.05, 0) is 141 Å². The number of nitrogens with zero attached hydrogens (tertiary/aromatic N) is 36. The summed E-state index contributed by atoms with van der Waals surface area (Å²) in [5, 5.41) is 25.4. The van der Waals surface area contributed by atoms with Crippen molar-refractivity contribution in [3.8, 4) is 56.6 Å². The number of aryl methyl sites for hydroxylation is 2. The van der Waals surface area contributed by atoms with Crippen molar-refractivity contribution < 1.29 is 59.2 Å². The normalized spacial score (nSPS) is 11.3. The molecular weight excluding hydrogens is 2180 g/mol. The van der Waals surface area contributed by atoms with Gasteiger partial charge in [-0.15, -0.1) is 20.4 Å². The molecule has 0 aliphatic heterocycles. The van der Waals surface area contributed by atoms with Crippen LogP contribution in [0.15, 0.2) is 340 Å². The Labute approximate surface area is 832 Å². The minimum Gasteiger partial charge on any atom is -0.357 e. The van der Waals surface area contributed by atoms with Crippen molar-refractivity contribution in [2.45, 2.75) is 13.8 Å². The summed E-state index contributed by atoms with van der Waals surface area (Å²) in [6.45, 7) is 3.97. The van der Waals surface area contributed by atoms with E-state index in [2.05, 4.69) is 40.1 Å². The van der Waals surface area contributed by atoms with Crippen molar-refractivity contribution in [2.75, 3.05) is 0 Å². The molecule has 0 saturated heterocycles. The molecule has 0 aliphatic carbocycles. The van der Waals surface area contributed by atoms with E-state index in [0.29, 0.717) is 91.0 Å². The molecule has 0 saturated carbocycles. The Balaban J connectivity index is 0.000000120. The summed E-state index contributed by atoms with van der Waals surface area (Å²) < 4.78 is 10.4. The fraction of sp³-hybridized carbons (Fsp3) is 0.0196. The van der Waals surface area contributed by atoms with Gasteiger partial charge in [-0.25, -0.2) is 38.7 Å². The first-order valence-corrected chi connectivity index (χ1v) is 43.5. The molecular formula is C102H62CuN36Pt2. The first-order valence-electron chi connectivity index (χ1n) is 43.5. The number of aromatic nitrogens is 36. The molecule has 0 amide bonds. The average molecular weight is 2250 g/mol. The van der Waals surface area contributed by atoms with Crippen LogP contribution in [0.4, 0.5) is 0 Å². The average Bonchev–Trinajstić information content (AvgIpc) is 1.58. The van der Waals surface area contributed by atoms with Gasteiger partial charge >= 0.3 is 59.2 Å². The van der Waals surface area contributed by atoms with Gasteiger partial charge in [0, 0.05) is 67.9 Å². The monoisotopic (exact) mass is 2240 g/mol. The largest absolute Gasteiger partial charge is 2.00 e. The smallest absolute Gasteiger partial charge is 0.357 e. The van der Waals surface area contributed by atoms with Crippen LogP contribution in [0.5, 0.6) is 0 Å². The Hall–Kier alpha value is -18.3. The van der Waals surface area contributed by atoms with Gasteiger partial charge in [-0.2, -0.15) is 9.97 Å². The molecule has 12 aromatic carbocycles. The standard InChI is InChI=1S/C36H24N10.C34H20N14.C32H18N12.Cu.2Pt/c1-21-29-37-31-25-17-9-11-19-27(25)34(39-31)44-36-42-30(22(2)46(36)24-15-7-4-8-16-24)38-32-26-18-10-12-20-28(26)33(40-32)43-35(41-29)45(21)23-13-5-3-6-14-23;1-5-13-21(14-6-1)25-27-37-29(35-25)41-31-44-34(48(45-31)24-19-11-4-12-20-24)40-28-26(22-15-7-2-8-16-22)36-30(38-28)42-32-43-33(39-27)47(46-32)23-17-9-3-10-18-23;1-3-11-19(12-4-1)43-31-37-27-23-17-9-7-15-21(23)26(33-27)36-30-40-32(44(42-30)20-13-5-2-6-14-20)38-28-24-18-10-8-16-22(24)25(34-28)35-29(39-31)41-43;;;/h3-20H,1-2H3;1-20H;1-18H;;;/q3*-2;3*+2. The minimum absolute atomic E-state index is 0. The maximum Gasteiger partial charge on any atom is 2.00 e. The Morgan fingerprint density at radius 3 is 0.667 bits per heavy atom. The third-order valence-electron chi connectivity index (χ3n) is 22.8.